The Kier molecular flexibility index (Phi) is 7.17. The van der Waals surface area contributed by atoms with Gasteiger partial charge in [0, 0.05) is 0 Å². The Labute approximate surface area is 146 Å². The zero-order valence-electron chi connectivity index (χ0n) is 15.4. The highest BCUT2D eigenvalue weighted by atomic mass is 16.5. The van der Waals surface area contributed by atoms with Crippen molar-refractivity contribution in [3.63, 3.8) is 0 Å². The molecule has 0 aliphatic rings. The molecule has 0 spiro atoms. The van der Waals surface area contributed by atoms with E-state index in [1.165, 1.54) is 11.1 Å². The molecule has 0 amide bonds. The summed E-state index contributed by atoms with van der Waals surface area (Å²) in [5, 5.41) is 0. The molecule has 2 nitrogen and oxygen atoms in total. The van der Waals surface area contributed by atoms with Gasteiger partial charge in [-0.1, -0.05) is 64.8 Å². The van der Waals surface area contributed by atoms with E-state index in [0.717, 1.165) is 37.6 Å². The second-order valence-corrected chi connectivity index (χ2v) is 6.70. The van der Waals surface area contributed by atoms with Gasteiger partial charge in [-0.05, 0) is 47.2 Å². The molecule has 0 saturated heterocycles. The largest absolute Gasteiger partial charge is 0.493 e. The molecule has 0 saturated carbocycles. The van der Waals surface area contributed by atoms with Crippen molar-refractivity contribution in [2.75, 3.05) is 13.2 Å². The van der Waals surface area contributed by atoms with E-state index in [9.17, 15) is 0 Å². The summed E-state index contributed by atoms with van der Waals surface area (Å²) in [4.78, 5) is 0. The van der Waals surface area contributed by atoms with Crippen LogP contribution in [0.15, 0.2) is 48.5 Å². The molecule has 0 aliphatic heterocycles. The van der Waals surface area contributed by atoms with Crippen LogP contribution in [0.4, 0.5) is 0 Å². The Bertz CT molecular complexity index is 531. The number of ether oxygens (including phenoxy) is 2. The maximum atomic E-state index is 5.81. The van der Waals surface area contributed by atoms with E-state index in [4.69, 9.17) is 9.47 Å². The summed E-state index contributed by atoms with van der Waals surface area (Å²) in [7, 11) is 0. The Morgan fingerprint density at radius 3 is 1.25 bits per heavy atom. The van der Waals surface area contributed by atoms with Crippen LogP contribution < -0.4 is 9.47 Å². The lowest BCUT2D eigenvalue weighted by Gasteiger charge is -2.12. The summed E-state index contributed by atoms with van der Waals surface area (Å²) in [5.41, 5.74) is 2.39. The van der Waals surface area contributed by atoms with Gasteiger partial charge in [-0.3, -0.25) is 0 Å². The first-order valence-corrected chi connectivity index (χ1v) is 9.08. The van der Waals surface area contributed by atoms with Crippen molar-refractivity contribution in [3.8, 4) is 22.6 Å². The van der Waals surface area contributed by atoms with Crippen LogP contribution in [-0.2, 0) is 0 Å². The van der Waals surface area contributed by atoms with Crippen LogP contribution in [0.25, 0.3) is 11.1 Å². The van der Waals surface area contributed by atoms with Gasteiger partial charge >= 0.3 is 0 Å². The maximum Gasteiger partial charge on any atom is 0.119 e. The van der Waals surface area contributed by atoms with E-state index < -0.39 is 0 Å². The molecule has 0 aromatic heterocycles. The molecule has 0 bridgehead atoms. The smallest absolute Gasteiger partial charge is 0.119 e. The number of rotatable bonds is 9. The standard InChI is InChI=1S/C22H30O2/c1-5-17(3)15-23-21-11-7-19(8-12-21)20-9-13-22(14-10-20)24-16-18(4)6-2/h7-14,17-18H,5-6,15-16H2,1-4H3. The highest BCUT2D eigenvalue weighted by Crippen LogP contribution is 2.25. The van der Waals surface area contributed by atoms with Gasteiger partial charge in [0.2, 0.25) is 0 Å². The highest BCUT2D eigenvalue weighted by molar-refractivity contribution is 5.64. The van der Waals surface area contributed by atoms with Gasteiger partial charge in [0.25, 0.3) is 0 Å². The zero-order chi connectivity index (χ0) is 17.4. The van der Waals surface area contributed by atoms with Crippen molar-refractivity contribution in [1.82, 2.24) is 0 Å². The summed E-state index contributed by atoms with van der Waals surface area (Å²) in [6, 6.07) is 16.6. The minimum Gasteiger partial charge on any atom is -0.493 e. The third-order valence-electron chi connectivity index (χ3n) is 4.50. The molecule has 0 heterocycles. The first-order valence-electron chi connectivity index (χ1n) is 9.08. The van der Waals surface area contributed by atoms with Crippen molar-refractivity contribution < 1.29 is 9.47 Å². The highest BCUT2D eigenvalue weighted by Gasteiger charge is 2.03. The third kappa shape index (κ3) is 5.59. The fourth-order valence-electron chi connectivity index (χ4n) is 2.20. The zero-order valence-corrected chi connectivity index (χ0v) is 15.4. The lowest BCUT2D eigenvalue weighted by molar-refractivity contribution is 0.256. The number of hydrogen-bond donors (Lipinski definition) is 0. The molecule has 2 aromatic carbocycles. The van der Waals surface area contributed by atoms with Gasteiger partial charge in [0.05, 0.1) is 13.2 Å². The van der Waals surface area contributed by atoms with Crippen molar-refractivity contribution in [2.45, 2.75) is 40.5 Å². The fourth-order valence-corrected chi connectivity index (χ4v) is 2.20. The summed E-state index contributed by atoms with van der Waals surface area (Å²) in [6.07, 6.45) is 2.28. The molecule has 2 aromatic rings. The maximum absolute atomic E-state index is 5.81. The Morgan fingerprint density at radius 2 is 0.958 bits per heavy atom. The molecule has 2 unspecified atom stereocenters. The van der Waals surface area contributed by atoms with E-state index in [-0.39, 0.29) is 0 Å². The lowest BCUT2D eigenvalue weighted by atomic mass is 10.1. The van der Waals surface area contributed by atoms with Crippen LogP contribution in [0.5, 0.6) is 11.5 Å². The summed E-state index contributed by atoms with van der Waals surface area (Å²) in [6.45, 7) is 10.3. The fraction of sp³-hybridized carbons (Fsp3) is 0.455. The average molecular weight is 326 g/mol. The van der Waals surface area contributed by atoms with Crippen LogP contribution in [0.3, 0.4) is 0 Å². The molecular weight excluding hydrogens is 296 g/mol. The quantitative estimate of drug-likeness (QED) is 0.546. The minimum atomic E-state index is 0.590. The van der Waals surface area contributed by atoms with Crippen LogP contribution in [0.1, 0.15) is 40.5 Å². The number of hydrogen-bond acceptors (Lipinski definition) is 2. The van der Waals surface area contributed by atoms with Crippen LogP contribution in [0.2, 0.25) is 0 Å². The van der Waals surface area contributed by atoms with Gasteiger partial charge in [-0.25, -0.2) is 0 Å². The van der Waals surface area contributed by atoms with Crippen LogP contribution in [0, 0.1) is 11.8 Å². The van der Waals surface area contributed by atoms with E-state index in [0.29, 0.717) is 11.8 Å². The predicted octanol–water partition coefficient (Wildman–Crippen LogP) is 6.20. The second kappa shape index (κ2) is 9.36. The summed E-state index contributed by atoms with van der Waals surface area (Å²) in [5.74, 6) is 3.06. The van der Waals surface area contributed by atoms with E-state index >= 15 is 0 Å². The average Bonchev–Trinajstić information content (AvgIpc) is 2.65. The van der Waals surface area contributed by atoms with Gasteiger partial charge in [-0.15, -0.1) is 0 Å². The molecule has 24 heavy (non-hydrogen) atoms. The molecule has 2 heteroatoms. The SMILES string of the molecule is CCC(C)COc1ccc(-c2ccc(OCC(C)CC)cc2)cc1. The van der Waals surface area contributed by atoms with Crippen LogP contribution >= 0.6 is 0 Å². The molecule has 0 aliphatic carbocycles. The molecule has 130 valence electrons. The van der Waals surface area contributed by atoms with Gasteiger partial charge < -0.3 is 9.47 Å². The van der Waals surface area contributed by atoms with Gasteiger partial charge in [0.1, 0.15) is 11.5 Å². The van der Waals surface area contributed by atoms with E-state index in [1.54, 1.807) is 0 Å². The van der Waals surface area contributed by atoms with E-state index in [1.807, 2.05) is 24.3 Å². The summed E-state index contributed by atoms with van der Waals surface area (Å²) >= 11 is 0. The monoisotopic (exact) mass is 326 g/mol. The molecular formula is C22H30O2. The first kappa shape index (κ1) is 18.4. The van der Waals surface area contributed by atoms with Crippen molar-refractivity contribution in [2.24, 2.45) is 11.8 Å². The Morgan fingerprint density at radius 1 is 0.625 bits per heavy atom. The van der Waals surface area contributed by atoms with Gasteiger partial charge in [0.15, 0.2) is 0 Å². The van der Waals surface area contributed by atoms with Gasteiger partial charge in [-0.2, -0.15) is 0 Å². The normalized spacial score (nSPS) is 13.3. The molecule has 0 N–H and O–H groups in total. The van der Waals surface area contributed by atoms with Crippen molar-refractivity contribution in [1.29, 1.82) is 0 Å². The Balaban J connectivity index is 1.93. The third-order valence-corrected chi connectivity index (χ3v) is 4.50. The molecule has 2 rings (SSSR count). The second-order valence-electron chi connectivity index (χ2n) is 6.70. The van der Waals surface area contributed by atoms with Crippen molar-refractivity contribution >= 4 is 0 Å². The molecule has 0 fully saturated rings. The minimum absolute atomic E-state index is 0.590. The molecule has 2 atom stereocenters. The molecule has 0 radical (unpaired) electrons. The number of benzene rings is 2. The Hall–Kier alpha value is -1.96. The predicted molar refractivity (Wildman–Crippen MR) is 102 cm³/mol. The van der Waals surface area contributed by atoms with Crippen molar-refractivity contribution in [3.05, 3.63) is 48.5 Å². The van der Waals surface area contributed by atoms with E-state index in [2.05, 4.69) is 52.0 Å². The lowest BCUT2D eigenvalue weighted by Crippen LogP contribution is -2.07. The summed E-state index contributed by atoms with van der Waals surface area (Å²) < 4.78 is 11.6. The topological polar surface area (TPSA) is 18.5 Å². The van der Waals surface area contributed by atoms with Crippen LogP contribution in [-0.4, -0.2) is 13.2 Å². The first-order chi connectivity index (χ1) is 11.6.